The summed E-state index contributed by atoms with van der Waals surface area (Å²) in [6.07, 6.45) is 22.6. The molecular formula is C33H50Br2O2Si. The molecule has 0 N–H and O–H groups in total. The second-order valence-electron chi connectivity index (χ2n) is 11.5. The van der Waals surface area contributed by atoms with E-state index in [1.165, 1.54) is 130 Å². The lowest BCUT2D eigenvalue weighted by atomic mass is 10.0. The fourth-order valence-electron chi connectivity index (χ4n) is 6.22. The predicted octanol–water partition coefficient (Wildman–Crippen LogP) is 10.7. The summed E-state index contributed by atoms with van der Waals surface area (Å²) in [5.74, 6) is 1.80. The molecule has 3 rings (SSSR count). The molecule has 212 valence electrons. The van der Waals surface area contributed by atoms with E-state index in [9.17, 15) is 0 Å². The predicted molar refractivity (Wildman–Crippen MR) is 176 cm³/mol. The zero-order valence-corrected chi connectivity index (χ0v) is 28.6. The van der Waals surface area contributed by atoms with Crippen molar-refractivity contribution in [3.05, 3.63) is 33.2 Å². The molecule has 0 aliphatic carbocycles. The minimum absolute atomic E-state index is 0.900. The molecule has 0 spiro atoms. The fraction of sp³-hybridized carbons (Fsp3) is 0.636. The van der Waals surface area contributed by atoms with Gasteiger partial charge in [0.05, 0.1) is 23.2 Å². The van der Waals surface area contributed by atoms with Crippen LogP contribution in [0.25, 0.3) is 11.1 Å². The Morgan fingerprint density at radius 2 is 0.895 bits per heavy atom. The Morgan fingerprint density at radius 3 is 1.24 bits per heavy atom. The number of ether oxygens (including phenoxy) is 2. The number of hydrogen-bond acceptors (Lipinski definition) is 2. The van der Waals surface area contributed by atoms with Gasteiger partial charge in [-0.05, 0) is 83.7 Å². The standard InChI is InChI=1S/C33H50Br2O2Si/c1-5-6-7-8-9-10-11-12-13-14-15-16-17-18-19-20-21-38(4)32-24-28(34)30(36-2)22-26(32)27-23-31(37-3)29(35)25-33(27)38/h22-25H,5-21H2,1-4H3. The van der Waals surface area contributed by atoms with Gasteiger partial charge in [-0.2, -0.15) is 0 Å². The second-order valence-corrected chi connectivity index (χ2v) is 17.4. The Bertz CT molecular complexity index is 947. The molecule has 0 bridgehead atoms. The first-order valence-electron chi connectivity index (χ1n) is 15.2. The van der Waals surface area contributed by atoms with Crippen LogP contribution in [0.15, 0.2) is 33.2 Å². The molecule has 0 amide bonds. The number of halogens is 2. The second kappa shape index (κ2) is 16.5. The summed E-state index contributed by atoms with van der Waals surface area (Å²) in [5.41, 5.74) is 2.66. The first kappa shape index (κ1) is 31.7. The highest BCUT2D eigenvalue weighted by Crippen LogP contribution is 2.40. The highest BCUT2D eigenvalue weighted by molar-refractivity contribution is 9.11. The van der Waals surface area contributed by atoms with Crippen LogP contribution in [0.2, 0.25) is 12.6 Å². The molecule has 5 heteroatoms. The number of methoxy groups -OCH3 is 2. The SMILES string of the molecule is CCCCCCCCCCCCCCCCCC[Si]1(C)c2cc(Br)c(OC)cc2-c2cc(OC)c(Br)cc21. The van der Waals surface area contributed by atoms with Crippen LogP contribution < -0.4 is 19.8 Å². The van der Waals surface area contributed by atoms with Gasteiger partial charge in [-0.25, -0.2) is 0 Å². The van der Waals surface area contributed by atoms with Crippen LogP contribution in [0, 0.1) is 0 Å². The van der Waals surface area contributed by atoms with E-state index in [2.05, 4.69) is 69.6 Å². The van der Waals surface area contributed by atoms with Crippen molar-refractivity contribution in [2.24, 2.45) is 0 Å². The number of unbranched alkanes of at least 4 members (excludes halogenated alkanes) is 15. The number of rotatable bonds is 19. The Labute approximate surface area is 250 Å². The average molecular weight is 667 g/mol. The normalized spacial score (nSPS) is 13.4. The number of benzene rings is 2. The van der Waals surface area contributed by atoms with Gasteiger partial charge in [0.15, 0.2) is 0 Å². The van der Waals surface area contributed by atoms with Crippen molar-refractivity contribution in [2.75, 3.05) is 14.2 Å². The van der Waals surface area contributed by atoms with Crippen LogP contribution >= 0.6 is 31.9 Å². The van der Waals surface area contributed by atoms with Gasteiger partial charge in [0.1, 0.15) is 19.6 Å². The fourth-order valence-corrected chi connectivity index (χ4v) is 12.0. The summed E-state index contributed by atoms with van der Waals surface area (Å²) in [6.45, 7) is 4.85. The van der Waals surface area contributed by atoms with E-state index in [1.807, 2.05) is 0 Å². The van der Waals surface area contributed by atoms with Crippen molar-refractivity contribution in [2.45, 2.75) is 122 Å². The summed E-state index contributed by atoms with van der Waals surface area (Å²) in [7, 11) is 1.66. The van der Waals surface area contributed by atoms with Crippen molar-refractivity contribution in [3.63, 3.8) is 0 Å². The Hall–Kier alpha value is -0.783. The highest BCUT2D eigenvalue weighted by Gasteiger charge is 2.42. The quantitative estimate of drug-likeness (QED) is 0.110. The van der Waals surface area contributed by atoms with Crippen LogP contribution in [0.1, 0.15) is 110 Å². The van der Waals surface area contributed by atoms with Crippen LogP contribution in [-0.4, -0.2) is 22.3 Å². The average Bonchev–Trinajstić information content (AvgIpc) is 3.13. The molecular weight excluding hydrogens is 616 g/mol. The van der Waals surface area contributed by atoms with E-state index in [-0.39, 0.29) is 0 Å². The molecule has 0 atom stereocenters. The Balaban J connectivity index is 1.42. The van der Waals surface area contributed by atoms with E-state index in [0.29, 0.717) is 0 Å². The van der Waals surface area contributed by atoms with Gasteiger partial charge >= 0.3 is 0 Å². The zero-order valence-electron chi connectivity index (χ0n) is 24.4. The molecule has 38 heavy (non-hydrogen) atoms. The molecule has 0 unspecified atom stereocenters. The summed E-state index contributed by atoms with van der Waals surface area (Å²) < 4.78 is 13.4. The maximum absolute atomic E-state index is 5.66. The van der Waals surface area contributed by atoms with Gasteiger partial charge in [0, 0.05) is 0 Å². The molecule has 0 aromatic heterocycles. The van der Waals surface area contributed by atoms with Gasteiger partial charge in [0.25, 0.3) is 0 Å². The smallest absolute Gasteiger partial charge is 0.133 e. The summed E-state index contributed by atoms with van der Waals surface area (Å²) >= 11 is 7.53. The third kappa shape index (κ3) is 8.36. The lowest BCUT2D eigenvalue weighted by Crippen LogP contribution is -2.52. The summed E-state index contributed by atoms with van der Waals surface area (Å²) in [5, 5.41) is 3.06. The minimum Gasteiger partial charge on any atom is -0.496 e. The van der Waals surface area contributed by atoms with Gasteiger partial charge < -0.3 is 9.47 Å². The molecule has 1 heterocycles. The van der Waals surface area contributed by atoms with E-state index >= 15 is 0 Å². The number of fused-ring (bicyclic) bond motifs is 3. The van der Waals surface area contributed by atoms with Gasteiger partial charge in [-0.3, -0.25) is 0 Å². The number of hydrogen-bond donors (Lipinski definition) is 0. The van der Waals surface area contributed by atoms with Crippen molar-refractivity contribution in [1.82, 2.24) is 0 Å². The zero-order chi connectivity index (χ0) is 27.4. The highest BCUT2D eigenvalue weighted by atomic mass is 79.9. The molecule has 2 aromatic rings. The molecule has 2 nitrogen and oxygen atoms in total. The van der Waals surface area contributed by atoms with Crippen LogP contribution in [0.5, 0.6) is 11.5 Å². The lowest BCUT2D eigenvalue weighted by molar-refractivity contribution is 0.412. The van der Waals surface area contributed by atoms with E-state index in [1.54, 1.807) is 14.2 Å². The van der Waals surface area contributed by atoms with Crippen molar-refractivity contribution >= 4 is 50.3 Å². The molecule has 0 saturated carbocycles. The monoisotopic (exact) mass is 664 g/mol. The first-order valence-corrected chi connectivity index (χ1v) is 19.5. The van der Waals surface area contributed by atoms with Crippen LogP contribution in [0.3, 0.4) is 0 Å². The van der Waals surface area contributed by atoms with Crippen molar-refractivity contribution < 1.29 is 9.47 Å². The van der Waals surface area contributed by atoms with Crippen molar-refractivity contribution in [1.29, 1.82) is 0 Å². The van der Waals surface area contributed by atoms with Crippen LogP contribution in [0.4, 0.5) is 0 Å². The van der Waals surface area contributed by atoms with Crippen LogP contribution in [-0.2, 0) is 0 Å². The van der Waals surface area contributed by atoms with E-state index in [4.69, 9.17) is 9.47 Å². The van der Waals surface area contributed by atoms with Gasteiger partial charge in [-0.1, -0.05) is 116 Å². The third-order valence-corrected chi connectivity index (χ3v) is 14.4. The summed E-state index contributed by atoms with van der Waals surface area (Å²) in [6, 6.07) is 10.4. The van der Waals surface area contributed by atoms with Gasteiger partial charge in [-0.15, -0.1) is 0 Å². The lowest BCUT2D eigenvalue weighted by Gasteiger charge is -2.26. The Kier molecular flexibility index (Phi) is 13.8. The maximum atomic E-state index is 5.66. The third-order valence-electron chi connectivity index (χ3n) is 8.59. The maximum Gasteiger partial charge on any atom is 0.133 e. The Morgan fingerprint density at radius 1 is 0.553 bits per heavy atom. The molecule has 0 radical (unpaired) electrons. The molecule has 1 aliphatic rings. The largest absolute Gasteiger partial charge is 0.496 e. The molecule has 1 aliphatic heterocycles. The van der Waals surface area contributed by atoms with Gasteiger partial charge in [0.2, 0.25) is 0 Å². The molecule has 0 fully saturated rings. The molecule has 2 aromatic carbocycles. The topological polar surface area (TPSA) is 18.5 Å². The first-order chi connectivity index (χ1) is 18.5. The van der Waals surface area contributed by atoms with Crippen molar-refractivity contribution in [3.8, 4) is 22.6 Å². The molecule has 0 saturated heterocycles. The minimum atomic E-state index is -1.84. The summed E-state index contributed by atoms with van der Waals surface area (Å²) in [4.78, 5) is 0. The van der Waals surface area contributed by atoms with E-state index < -0.39 is 8.07 Å². The van der Waals surface area contributed by atoms with E-state index in [0.717, 1.165) is 20.4 Å².